The van der Waals surface area contributed by atoms with Crippen LogP contribution in [0, 0.1) is 0 Å². The van der Waals surface area contributed by atoms with Crippen LogP contribution in [0.2, 0.25) is 0 Å². The van der Waals surface area contributed by atoms with Gasteiger partial charge < -0.3 is 5.11 Å². The summed E-state index contributed by atoms with van der Waals surface area (Å²) in [7, 11) is -2.32. The number of carboxylic acid groups (broad SMARTS) is 1. The first-order valence-corrected chi connectivity index (χ1v) is 6.90. The van der Waals surface area contributed by atoms with Crippen molar-refractivity contribution in [3.05, 3.63) is 28.0 Å². The average molecular weight is 276 g/mol. The third kappa shape index (κ3) is 4.65. The molecule has 94 valence electrons. The van der Waals surface area contributed by atoms with Gasteiger partial charge in [-0.15, -0.1) is 11.3 Å². The Morgan fingerprint density at radius 1 is 1.65 bits per heavy atom. The quantitative estimate of drug-likeness (QED) is 0.764. The summed E-state index contributed by atoms with van der Waals surface area (Å²) in [6.45, 7) is 0.163. The number of hydrogen-bond donors (Lipinski definition) is 2. The van der Waals surface area contributed by atoms with Gasteiger partial charge in [0.1, 0.15) is 0 Å². The lowest BCUT2D eigenvalue weighted by Crippen LogP contribution is -2.32. The highest BCUT2D eigenvalue weighted by Gasteiger charge is 2.12. The summed E-state index contributed by atoms with van der Waals surface area (Å²) < 4.78 is 23.0. The molecule has 0 aliphatic rings. The van der Waals surface area contributed by atoms with Gasteiger partial charge in [-0.1, -0.05) is 0 Å². The van der Waals surface area contributed by atoms with E-state index in [9.17, 15) is 13.2 Å². The lowest BCUT2D eigenvalue weighted by atomic mass is 10.3. The first-order chi connectivity index (χ1) is 7.79. The first-order valence-electron chi connectivity index (χ1n) is 4.51. The number of thiophene rings is 1. The molecule has 0 atom stereocenters. The van der Waals surface area contributed by atoms with E-state index in [-0.39, 0.29) is 6.54 Å². The van der Waals surface area contributed by atoms with Gasteiger partial charge in [-0.05, 0) is 23.1 Å². The molecule has 0 aliphatic heterocycles. The molecule has 1 aromatic rings. The maximum absolute atomic E-state index is 11.0. The minimum absolute atomic E-state index is 0.163. The van der Waals surface area contributed by atoms with E-state index in [0.29, 0.717) is 0 Å². The molecule has 1 heterocycles. The van der Waals surface area contributed by atoms with Crippen molar-refractivity contribution in [2.24, 2.45) is 5.14 Å². The van der Waals surface area contributed by atoms with Crippen LogP contribution in [0.15, 0.2) is 17.5 Å². The fourth-order valence-corrected chi connectivity index (χ4v) is 2.19. The fraction of sp³-hybridized carbons (Fsp3) is 0.222. The zero-order valence-electron chi connectivity index (χ0n) is 9.03. The number of rotatable bonds is 5. The summed E-state index contributed by atoms with van der Waals surface area (Å²) in [5.41, 5.74) is 0.761. The van der Waals surface area contributed by atoms with Crippen LogP contribution in [0.4, 0.5) is 0 Å². The number of aliphatic carboxylic acids is 1. The molecule has 1 aromatic heterocycles. The van der Waals surface area contributed by atoms with Crippen molar-refractivity contribution in [3.63, 3.8) is 0 Å². The Hall–Kier alpha value is -1.22. The fourth-order valence-electron chi connectivity index (χ4n) is 1.07. The summed E-state index contributed by atoms with van der Waals surface area (Å²) in [5.74, 6) is -1.03. The number of hydrogen-bond acceptors (Lipinski definition) is 4. The molecule has 0 bridgehead atoms. The second-order valence-corrected chi connectivity index (χ2v) is 5.93. The van der Waals surface area contributed by atoms with Gasteiger partial charge in [0, 0.05) is 24.5 Å². The van der Waals surface area contributed by atoms with Crippen LogP contribution in [0.25, 0.3) is 6.08 Å². The van der Waals surface area contributed by atoms with E-state index >= 15 is 0 Å². The molecule has 0 fully saturated rings. The van der Waals surface area contributed by atoms with Gasteiger partial charge >= 0.3 is 5.97 Å². The molecule has 0 radical (unpaired) electrons. The zero-order chi connectivity index (χ0) is 13.1. The molecule has 1 rings (SSSR count). The normalized spacial score (nSPS) is 12.4. The second-order valence-electron chi connectivity index (χ2n) is 3.33. The van der Waals surface area contributed by atoms with Crippen molar-refractivity contribution >= 4 is 33.6 Å². The molecule has 0 saturated heterocycles. The van der Waals surface area contributed by atoms with Crippen LogP contribution < -0.4 is 5.14 Å². The third-order valence-electron chi connectivity index (χ3n) is 1.90. The smallest absolute Gasteiger partial charge is 0.328 e. The number of carboxylic acids is 1. The van der Waals surface area contributed by atoms with Crippen LogP contribution in [-0.2, 0) is 21.5 Å². The van der Waals surface area contributed by atoms with E-state index < -0.39 is 16.2 Å². The molecular formula is C9H12N2O4S2. The summed E-state index contributed by atoms with van der Waals surface area (Å²) in [5, 5.41) is 15.1. The summed E-state index contributed by atoms with van der Waals surface area (Å²) in [4.78, 5) is 11.0. The highest BCUT2D eigenvalue weighted by molar-refractivity contribution is 7.86. The van der Waals surface area contributed by atoms with Gasteiger partial charge in [0.05, 0.1) is 0 Å². The van der Waals surface area contributed by atoms with Gasteiger partial charge in [-0.2, -0.15) is 12.7 Å². The Bertz CT molecular complexity index is 533. The number of nitrogens with two attached hydrogens (primary N) is 1. The molecule has 0 aliphatic carbocycles. The maximum Gasteiger partial charge on any atom is 0.328 e. The van der Waals surface area contributed by atoms with Gasteiger partial charge in [-0.3, -0.25) is 0 Å². The SMILES string of the molecule is CN(Cc1csc(/C=C/C(=O)O)c1)S(N)(=O)=O. The highest BCUT2D eigenvalue weighted by Crippen LogP contribution is 2.17. The molecular weight excluding hydrogens is 264 g/mol. The lowest BCUT2D eigenvalue weighted by molar-refractivity contribution is -0.131. The van der Waals surface area contributed by atoms with Gasteiger partial charge in [0.15, 0.2) is 0 Å². The summed E-state index contributed by atoms with van der Waals surface area (Å²) in [6.07, 6.45) is 2.48. The molecule has 0 spiro atoms. The molecule has 0 unspecified atom stereocenters. The Kier molecular flexibility index (Phi) is 4.40. The van der Waals surface area contributed by atoms with Crippen molar-refractivity contribution in [3.8, 4) is 0 Å². The van der Waals surface area contributed by atoms with Crippen LogP contribution in [0.5, 0.6) is 0 Å². The predicted octanol–water partition coefficient (Wildman–Crippen LogP) is 0.481. The Labute approximate surface area is 103 Å². The Balaban J connectivity index is 2.73. The Morgan fingerprint density at radius 2 is 2.29 bits per heavy atom. The number of carbonyl (C=O) groups is 1. The number of nitrogens with zero attached hydrogens (tertiary/aromatic N) is 1. The molecule has 17 heavy (non-hydrogen) atoms. The maximum atomic E-state index is 11.0. The van der Waals surface area contributed by atoms with Gasteiger partial charge in [0.2, 0.25) is 0 Å². The van der Waals surface area contributed by atoms with Crippen LogP contribution in [-0.4, -0.2) is 30.8 Å². The standard InChI is InChI=1S/C9H12N2O4S2/c1-11(17(10,14)15)5-7-4-8(16-6-7)2-3-9(12)13/h2-4,6H,5H2,1H3,(H,12,13)(H2,10,14,15)/b3-2+. The topological polar surface area (TPSA) is 101 Å². The van der Waals surface area contributed by atoms with E-state index in [4.69, 9.17) is 10.2 Å². The van der Waals surface area contributed by atoms with Crippen LogP contribution in [0.1, 0.15) is 10.4 Å². The van der Waals surface area contributed by atoms with Crippen LogP contribution in [0.3, 0.4) is 0 Å². The van der Waals surface area contributed by atoms with Crippen LogP contribution >= 0.6 is 11.3 Å². The molecule has 0 amide bonds. The molecule has 0 saturated carbocycles. The van der Waals surface area contributed by atoms with E-state index in [0.717, 1.165) is 20.8 Å². The van der Waals surface area contributed by atoms with E-state index in [2.05, 4.69) is 0 Å². The van der Waals surface area contributed by atoms with Gasteiger partial charge in [-0.25, -0.2) is 9.93 Å². The molecule has 0 aromatic carbocycles. The van der Waals surface area contributed by atoms with E-state index in [1.54, 1.807) is 11.4 Å². The van der Waals surface area contributed by atoms with Crippen molar-refractivity contribution < 1.29 is 18.3 Å². The zero-order valence-corrected chi connectivity index (χ0v) is 10.7. The monoisotopic (exact) mass is 276 g/mol. The van der Waals surface area contributed by atoms with Gasteiger partial charge in [0.25, 0.3) is 10.2 Å². The van der Waals surface area contributed by atoms with E-state index in [1.807, 2.05) is 0 Å². The van der Waals surface area contributed by atoms with Crippen molar-refractivity contribution in [2.75, 3.05) is 7.05 Å². The molecule has 3 N–H and O–H groups in total. The van der Waals surface area contributed by atoms with E-state index in [1.165, 1.54) is 24.5 Å². The Morgan fingerprint density at radius 3 is 2.82 bits per heavy atom. The summed E-state index contributed by atoms with van der Waals surface area (Å²) in [6, 6.07) is 1.71. The predicted molar refractivity (Wildman–Crippen MR) is 65.6 cm³/mol. The van der Waals surface area contributed by atoms with Crippen molar-refractivity contribution in [1.29, 1.82) is 0 Å². The lowest BCUT2D eigenvalue weighted by Gasteiger charge is -2.11. The molecule has 6 nitrogen and oxygen atoms in total. The minimum Gasteiger partial charge on any atom is -0.478 e. The van der Waals surface area contributed by atoms with Crippen molar-refractivity contribution in [2.45, 2.75) is 6.54 Å². The minimum atomic E-state index is -3.69. The highest BCUT2D eigenvalue weighted by atomic mass is 32.2. The van der Waals surface area contributed by atoms with Crippen molar-refractivity contribution in [1.82, 2.24) is 4.31 Å². The largest absolute Gasteiger partial charge is 0.478 e. The summed E-state index contributed by atoms with van der Waals surface area (Å²) >= 11 is 1.33. The first kappa shape index (κ1) is 13.8. The second kappa shape index (κ2) is 5.41. The average Bonchev–Trinajstić information content (AvgIpc) is 2.61. The third-order valence-corrected chi connectivity index (χ3v) is 3.85. The molecule has 8 heteroatoms.